The van der Waals surface area contributed by atoms with Crippen LogP contribution in [0.15, 0.2) is 0 Å². The van der Waals surface area contributed by atoms with Gasteiger partial charge in [0.05, 0.1) is 101 Å². The lowest BCUT2D eigenvalue weighted by Crippen LogP contribution is -2.50. The quantitative estimate of drug-likeness (QED) is 0.0174. The van der Waals surface area contributed by atoms with E-state index in [9.17, 15) is 79.4 Å². The van der Waals surface area contributed by atoms with E-state index >= 15 is 0 Å². The molecule has 3 fully saturated rings. The van der Waals surface area contributed by atoms with E-state index in [4.69, 9.17) is 28.4 Å². The standard InChI is InChI=1S/C64H116NO24P/c1-44-54(32-47(37-66)61(77)58(44)74)86-26-17-11-5-8-14-20-50(69)23-29-83-40-64(36-53(72)35-57(73)65-43-89-90(80,81)82-4,41-84-30-24-51(70)21-15-9-6-12-18-27-87-55-33-48(38-67)62(78)59(75)45(55)2)42-85-31-25-52(71)22-16-10-7-13-19-28-88-56-34-49(39-68)63(79)60(76)46(56)3/h44-49,54-56,58-63,66-68,74-79H,5-43H2,1-4H3,(H,65,73)(H,80,81)/t44?,45?,46?,47?,48?,49?,54-,55-,56-,58-,59-,60-,61+,62+,63+,64?/m1/s1. The molecule has 3 saturated carbocycles. The number of carbonyl (C=O) groups is 5. The molecule has 3 aliphatic rings. The van der Waals surface area contributed by atoms with Crippen LogP contribution in [-0.2, 0) is 66.0 Å². The van der Waals surface area contributed by atoms with Gasteiger partial charge in [0.25, 0.3) is 0 Å². The molecule has 0 aromatic rings. The number of phosphoric acid groups is 1. The van der Waals surface area contributed by atoms with E-state index in [-0.39, 0.29) is 139 Å². The number of nitrogens with one attached hydrogen (secondary N) is 1. The summed E-state index contributed by atoms with van der Waals surface area (Å²) < 4.78 is 57.2. The van der Waals surface area contributed by atoms with Crippen molar-refractivity contribution in [3.05, 3.63) is 0 Å². The Balaban J connectivity index is 1.53. The maximum Gasteiger partial charge on any atom is 0.473 e. The Morgan fingerprint density at radius 1 is 0.444 bits per heavy atom. The van der Waals surface area contributed by atoms with Crippen molar-refractivity contribution >= 4 is 36.9 Å². The van der Waals surface area contributed by atoms with Crippen molar-refractivity contribution in [3.63, 3.8) is 0 Å². The van der Waals surface area contributed by atoms with Gasteiger partial charge in [0.15, 0.2) is 0 Å². The Hall–Kier alpha value is -2.34. The summed E-state index contributed by atoms with van der Waals surface area (Å²) in [4.78, 5) is 75.3. The molecule has 90 heavy (non-hydrogen) atoms. The molecular weight excluding hydrogens is 1200 g/mol. The van der Waals surface area contributed by atoms with E-state index < -0.39 is 92.5 Å². The third-order valence-electron chi connectivity index (χ3n) is 18.4. The number of amides is 1. The van der Waals surface area contributed by atoms with Crippen LogP contribution in [-0.4, -0.2) is 228 Å². The summed E-state index contributed by atoms with van der Waals surface area (Å²) in [6.07, 6.45) is 7.11. The Bertz CT molecular complexity index is 1860. The maximum absolute atomic E-state index is 13.7. The molecule has 0 aromatic carbocycles. The fourth-order valence-corrected chi connectivity index (χ4v) is 12.5. The number of hydrogen-bond donors (Lipinski definition) is 11. The predicted molar refractivity (Wildman–Crippen MR) is 330 cm³/mol. The Kier molecular flexibility index (Phi) is 41.8. The SMILES string of the molecule is COP(=O)(O)OCNC(=O)CC(=O)CC(COCCC(=O)CCCCCCCO[C@@H]1CC(CO)[C@H](O)[C@H](O)C1C)(COCCC(=O)CCCCCCCO[C@@H]1CC(CO)[C@H](O)[C@H](O)C1C)COCCC(=O)CCCCCCCO[C@@H]1CC(CO)[C@H](O)[C@H](O)C1C. The van der Waals surface area contributed by atoms with Gasteiger partial charge in [-0.25, -0.2) is 4.57 Å². The van der Waals surface area contributed by atoms with Gasteiger partial charge in [-0.15, -0.1) is 0 Å². The minimum absolute atomic E-state index is 0.00393. The van der Waals surface area contributed by atoms with Gasteiger partial charge in [-0.2, -0.15) is 0 Å². The number of ketones is 4. The number of phosphoric ester groups is 1. The fraction of sp³-hybridized carbons (Fsp3) is 0.922. The molecule has 0 bridgehead atoms. The highest BCUT2D eigenvalue weighted by Gasteiger charge is 2.44. The molecule has 1 amide bonds. The van der Waals surface area contributed by atoms with Crippen molar-refractivity contribution in [3.8, 4) is 0 Å². The normalized spacial score (nSPS) is 28.5. The average Bonchev–Trinajstić information content (AvgIpc) is 2.69. The first-order valence-electron chi connectivity index (χ1n) is 33.4. The van der Waals surface area contributed by atoms with Crippen molar-refractivity contribution in [1.82, 2.24) is 5.32 Å². The summed E-state index contributed by atoms with van der Waals surface area (Å²) in [7, 11) is -3.47. The van der Waals surface area contributed by atoms with Crippen molar-refractivity contribution < 1.29 is 117 Å². The fourth-order valence-electron chi connectivity index (χ4n) is 12.2. The van der Waals surface area contributed by atoms with Gasteiger partial charge in [-0.1, -0.05) is 78.6 Å². The summed E-state index contributed by atoms with van der Waals surface area (Å²) >= 11 is 0. The van der Waals surface area contributed by atoms with Crippen LogP contribution in [0.4, 0.5) is 0 Å². The van der Waals surface area contributed by atoms with E-state index in [0.717, 1.165) is 84.2 Å². The van der Waals surface area contributed by atoms with Crippen LogP contribution < -0.4 is 5.32 Å². The summed E-state index contributed by atoms with van der Waals surface area (Å²) in [5.41, 5.74) is -1.25. The number of aliphatic hydroxyl groups is 9. The minimum atomic E-state index is -4.43. The zero-order valence-electron chi connectivity index (χ0n) is 54.4. The molecule has 11 N–H and O–H groups in total. The summed E-state index contributed by atoms with van der Waals surface area (Å²) in [6, 6.07) is 0. The van der Waals surface area contributed by atoms with Gasteiger partial charge >= 0.3 is 7.82 Å². The van der Waals surface area contributed by atoms with Crippen molar-refractivity contribution in [2.24, 2.45) is 40.9 Å². The smallest absolute Gasteiger partial charge is 0.396 e. The lowest BCUT2D eigenvalue weighted by atomic mass is 9.77. The zero-order valence-corrected chi connectivity index (χ0v) is 55.3. The number of unbranched alkanes of at least 4 members (excludes halogenated alkanes) is 12. The average molecular weight is 1310 g/mol. The summed E-state index contributed by atoms with van der Waals surface area (Å²) in [6.45, 7) is 5.08. The largest absolute Gasteiger partial charge is 0.473 e. The van der Waals surface area contributed by atoms with Gasteiger partial charge in [-0.05, 0) is 57.8 Å². The van der Waals surface area contributed by atoms with Crippen LogP contribution in [0.3, 0.4) is 0 Å². The summed E-state index contributed by atoms with van der Waals surface area (Å²) in [5.74, 6) is -3.52. The second-order valence-electron chi connectivity index (χ2n) is 25.8. The van der Waals surface area contributed by atoms with Crippen LogP contribution >= 0.6 is 7.82 Å². The van der Waals surface area contributed by atoms with Crippen LogP contribution in [0.1, 0.15) is 188 Å². The molecule has 526 valence electrons. The highest BCUT2D eigenvalue weighted by atomic mass is 31.2. The number of hydrogen-bond acceptors (Lipinski definition) is 23. The van der Waals surface area contributed by atoms with E-state index in [1.807, 2.05) is 20.8 Å². The number of Topliss-reactive ketones (excluding diaryl/α,β-unsaturated/α-hetero) is 4. The zero-order chi connectivity index (χ0) is 66.5. The highest BCUT2D eigenvalue weighted by Crippen LogP contribution is 2.41. The molecule has 0 aromatic heterocycles. The first kappa shape index (κ1) is 81.9. The lowest BCUT2D eigenvalue weighted by Gasteiger charge is -2.40. The summed E-state index contributed by atoms with van der Waals surface area (Å²) in [5, 5.41) is 92.9. The van der Waals surface area contributed by atoms with E-state index in [1.54, 1.807) is 0 Å². The van der Waals surface area contributed by atoms with Crippen LogP contribution in [0, 0.1) is 40.9 Å². The van der Waals surface area contributed by atoms with Crippen molar-refractivity contribution in [2.75, 3.05) is 93.1 Å². The van der Waals surface area contributed by atoms with Crippen molar-refractivity contribution in [1.29, 1.82) is 0 Å². The Morgan fingerprint density at radius 3 is 1.07 bits per heavy atom. The van der Waals surface area contributed by atoms with Gasteiger partial charge in [-0.3, -0.25) is 33.0 Å². The Morgan fingerprint density at radius 2 is 0.756 bits per heavy atom. The third-order valence-corrected chi connectivity index (χ3v) is 19.4. The second kappa shape index (κ2) is 45.9. The van der Waals surface area contributed by atoms with E-state index in [2.05, 4.69) is 14.4 Å². The molecule has 0 radical (unpaired) electrons. The van der Waals surface area contributed by atoms with Gasteiger partial charge in [0.1, 0.15) is 29.9 Å². The molecule has 26 heteroatoms. The molecule has 0 spiro atoms. The molecular formula is C64H116NO24P. The minimum Gasteiger partial charge on any atom is -0.396 e. The molecule has 3 aliphatic carbocycles. The van der Waals surface area contributed by atoms with Crippen LogP contribution in [0.2, 0.25) is 0 Å². The van der Waals surface area contributed by atoms with Gasteiger partial charge < -0.3 is 84.6 Å². The number of rotatable bonds is 53. The molecule has 16 atom stereocenters. The lowest BCUT2D eigenvalue weighted by molar-refractivity contribution is -0.144. The second-order valence-corrected chi connectivity index (χ2v) is 27.3. The predicted octanol–water partition coefficient (Wildman–Crippen LogP) is 4.37. The molecule has 7 unspecified atom stereocenters. The maximum atomic E-state index is 13.7. The topological polar surface area (TPSA) is 391 Å². The highest BCUT2D eigenvalue weighted by molar-refractivity contribution is 7.47. The van der Waals surface area contributed by atoms with E-state index in [1.165, 1.54) is 0 Å². The monoisotopic (exact) mass is 1310 g/mol. The number of ether oxygens (including phenoxy) is 6. The van der Waals surface area contributed by atoms with Gasteiger partial charge in [0.2, 0.25) is 5.91 Å². The number of aliphatic hydroxyl groups excluding tert-OH is 9. The first-order valence-corrected chi connectivity index (χ1v) is 34.9. The van der Waals surface area contributed by atoms with Crippen molar-refractivity contribution in [2.45, 2.75) is 243 Å². The molecule has 3 rings (SSSR count). The molecule has 25 nitrogen and oxygen atoms in total. The third kappa shape index (κ3) is 31.5. The Labute approximate surface area is 533 Å². The molecule has 0 saturated heterocycles. The van der Waals surface area contributed by atoms with Crippen LogP contribution in [0.25, 0.3) is 0 Å². The first-order chi connectivity index (χ1) is 43.0. The molecule has 0 aliphatic heterocycles. The molecule has 0 heterocycles. The van der Waals surface area contributed by atoms with E-state index in [0.29, 0.717) is 77.6 Å². The van der Waals surface area contributed by atoms with Crippen LogP contribution in [0.5, 0.6) is 0 Å². The van der Waals surface area contributed by atoms with Gasteiger partial charge in [0, 0.05) is 133 Å². The number of carbonyl (C=O) groups excluding carboxylic acids is 5.